The van der Waals surface area contributed by atoms with E-state index in [1.54, 1.807) is 30.3 Å². The highest BCUT2D eigenvalue weighted by molar-refractivity contribution is 9.10. The first kappa shape index (κ1) is 15.0. The van der Waals surface area contributed by atoms with Crippen LogP contribution in [0.4, 0.5) is 0 Å². The zero-order chi connectivity index (χ0) is 15.2. The van der Waals surface area contributed by atoms with Gasteiger partial charge in [0, 0.05) is 22.4 Å². The van der Waals surface area contributed by atoms with E-state index in [1.165, 1.54) is 19.5 Å². The van der Waals surface area contributed by atoms with Gasteiger partial charge in [0.25, 0.3) is 11.8 Å². The normalized spacial score (nSPS) is 9.81. The monoisotopic (exact) mass is 349 g/mol. The maximum Gasteiger partial charge on any atom is 0.273 e. The lowest BCUT2D eigenvalue weighted by Gasteiger charge is -2.10. The topological polar surface area (TPSA) is 80.3 Å². The molecule has 1 aromatic heterocycles. The van der Waals surface area contributed by atoms with E-state index in [2.05, 4.69) is 31.8 Å². The largest absolute Gasteiger partial charge is 0.496 e. The lowest BCUT2D eigenvalue weighted by molar-refractivity contribution is 0.0845. The molecule has 1 heterocycles. The fourth-order valence-electron chi connectivity index (χ4n) is 1.61. The Morgan fingerprint density at radius 2 is 1.76 bits per heavy atom. The number of hydrogen-bond acceptors (Lipinski definition) is 4. The third kappa shape index (κ3) is 3.79. The lowest BCUT2D eigenvalue weighted by Crippen LogP contribution is -2.41. The summed E-state index contributed by atoms with van der Waals surface area (Å²) >= 11 is 3.28. The zero-order valence-electron chi connectivity index (χ0n) is 11.1. The summed E-state index contributed by atoms with van der Waals surface area (Å²) in [5.41, 5.74) is 5.37. The molecular formula is C14H12BrN3O3. The zero-order valence-corrected chi connectivity index (χ0v) is 12.7. The van der Waals surface area contributed by atoms with Gasteiger partial charge in [-0.3, -0.25) is 25.4 Å². The molecule has 0 aliphatic carbocycles. The smallest absolute Gasteiger partial charge is 0.273 e. The molecule has 0 atom stereocenters. The summed E-state index contributed by atoms with van der Waals surface area (Å²) < 4.78 is 5.84. The molecule has 0 unspecified atom stereocenters. The Kier molecular flexibility index (Phi) is 4.89. The van der Waals surface area contributed by atoms with Crippen LogP contribution in [0.25, 0.3) is 0 Å². The first-order chi connectivity index (χ1) is 10.1. The molecule has 2 aromatic rings. The van der Waals surface area contributed by atoms with Gasteiger partial charge < -0.3 is 4.74 Å². The van der Waals surface area contributed by atoms with Gasteiger partial charge in [-0.25, -0.2) is 0 Å². The summed E-state index contributed by atoms with van der Waals surface area (Å²) in [6, 6.07) is 8.10. The first-order valence-corrected chi connectivity index (χ1v) is 6.75. The minimum atomic E-state index is -0.476. The predicted molar refractivity (Wildman–Crippen MR) is 79.9 cm³/mol. The van der Waals surface area contributed by atoms with Crippen LogP contribution in [0.5, 0.6) is 5.75 Å². The number of amides is 2. The molecule has 6 nitrogen and oxygen atoms in total. The van der Waals surface area contributed by atoms with Crippen LogP contribution in [0, 0.1) is 0 Å². The van der Waals surface area contributed by atoms with Crippen molar-refractivity contribution < 1.29 is 14.3 Å². The summed E-state index contributed by atoms with van der Waals surface area (Å²) in [6.07, 6.45) is 2.99. The van der Waals surface area contributed by atoms with Gasteiger partial charge in [0.15, 0.2) is 0 Å². The molecule has 2 amide bonds. The number of methoxy groups -OCH3 is 1. The second kappa shape index (κ2) is 6.85. The van der Waals surface area contributed by atoms with Gasteiger partial charge >= 0.3 is 0 Å². The van der Waals surface area contributed by atoms with E-state index in [0.29, 0.717) is 16.9 Å². The Morgan fingerprint density at radius 1 is 1.10 bits per heavy atom. The number of nitrogens with one attached hydrogen (secondary N) is 2. The third-order valence-electron chi connectivity index (χ3n) is 2.64. The molecule has 0 spiro atoms. The number of carbonyl (C=O) groups excluding carboxylic acids is 2. The SMILES string of the molecule is COc1ccc(Br)cc1C(=O)NNC(=O)c1ccncc1. The summed E-state index contributed by atoms with van der Waals surface area (Å²) in [7, 11) is 1.47. The van der Waals surface area contributed by atoms with Gasteiger partial charge in [-0.15, -0.1) is 0 Å². The molecule has 0 bridgehead atoms. The Hall–Kier alpha value is -2.41. The van der Waals surface area contributed by atoms with Crippen LogP contribution in [0.1, 0.15) is 20.7 Å². The van der Waals surface area contributed by atoms with Gasteiger partial charge in [0.1, 0.15) is 5.75 Å². The fraction of sp³-hybridized carbons (Fsp3) is 0.0714. The fourth-order valence-corrected chi connectivity index (χ4v) is 1.98. The number of hydrazine groups is 1. The number of benzene rings is 1. The van der Waals surface area contributed by atoms with Crippen molar-refractivity contribution in [1.82, 2.24) is 15.8 Å². The van der Waals surface area contributed by atoms with E-state index in [9.17, 15) is 9.59 Å². The molecule has 7 heteroatoms. The van der Waals surface area contributed by atoms with E-state index in [1.807, 2.05) is 0 Å². The molecule has 0 saturated carbocycles. The molecule has 0 fully saturated rings. The molecular weight excluding hydrogens is 338 g/mol. The minimum absolute atomic E-state index is 0.307. The van der Waals surface area contributed by atoms with Crippen molar-refractivity contribution in [3.63, 3.8) is 0 Å². The van der Waals surface area contributed by atoms with Crippen molar-refractivity contribution in [1.29, 1.82) is 0 Å². The molecule has 1 aromatic carbocycles. The first-order valence-electron chi connectivity index (χ1n) is 5.96. The van der Waals surface area contributed by atoms with E-state index >= 15 is 0 Å². The number of pyridine rings is 1. The minimum Gasteiger partial charge on any atom is -0.496 e. The molecule has 2 N–H and O–H groups in total. The second-order valence-electron chi connectivity index (χ2n) is 3.99. The summed E-state index contributed by atoms with van der Waals surface area (Å²) in [6.45, 7) is 0. The van der Waals surface area contributed by atoms with E-state index in [-0.39, 0.29) is 0 Å². The van der Waals surface area contributed by atoms with Gasteiger partial charge in [-0.2, -0.15) is 0 Å². The van der Waals surface area contributed by atoms with Crippen LogP contribution in [-0.2, 0) is 0 Å². The molecule has 2 rings (SSSR count). The Labute approximate surface area is 129 Å². The van der Waals surface area contributed by atoms with Crippen molar-refractivity contribution in [2.24, 2.45) is 0 Å². The van der Waals surface area contributed by atoms with Crippen molar-refractivity contribution in [2.45, 2.75) is 0 Å². The number of nitrogens with zero attached hydrogens (tertiary/aromatic N) is 1. The molecule has 0 aliphatic rings. The molecule has 0 aliphatic heterocycles. The average Bonchev–Trinajstić information content (AvgIpc) is 2.53. The maximum atomic E-state index is 12.1. The highest BCUT2D eigenvalue weighted by atomic mass is 79.9. The summed E-state index contributed by atoms with van der Waals surface area (Å²) in [5.74, 6) is -0.496. The van der Waals surface area contributed by atoms with Gasteiger partial charge in [0.05, 0.1) is 12.7 Å². The highest BCUT2D eigenvalue weighted by Crippen LogP contribution is 2.22. The van der Waals surface area contributed by atoms with E-state index < -0.39 is 11.8 Å². The summed E-state index contributed by atoms with van der Waals surface area (Å²) in [5, 5.41) is 0. The molecule has 21 heavy (non-hydrogen) atoms. The Morgan fingerprint density at radius 3 is 2.43 bits per heavy atom. The van der Waals surface area contributed by atoms with Crippen molar-refractivity contribution in [2.75, 3.05) is 7.11 Å². The van der Waals surface area contributed by atoms with Crippen molar-refractivity contribution in [3.8, 4) is 5.75 Å². The number of ether oxygens (including phenoxy) is 1. The number of hydrogen-bond donors (Lipinski definition) is 2. The average molecular weight is 350 g/mol. The number of carbonyl (C=O) groups is 2. The predicted octanol–water partition coefficient (Wildman–Crippen LogP) is 1.93. The van der Waals surface area contributed by atoms with Crippen LogP contribution in [0.3, 0.4) is 0 Å². The number of halogens is 1. The second-order valence-corrected chi connectivity index (χ2v) is 4.90. The van der Waals surface area contributed by atoms with Crippen LogP contribution in [0.2, 0.25) is 0 Å². The standard InChI is InChI=1S/C14H12BrN3O3/c1-21-12-3-2-10(15)8-11(12)14(20)18-17-13(19)9-4-6-16-7-5-9/h2-8H,1H3,(H,17,19)(H,18,20). The quantitative estimate of drug-likeness (QED) is 0.829. The van der Waals surface area contributed by atoms with Crippen LogP contribution in [-0.4, -0.2) is 23.9 Å². The highest BCUT2D eigenvalue weighted by Gasteiger charge is 2.14. The Bertz CT molecular complexity index is 662. The van der Waals surface area contributed by atoms with Gasteiger partial charge in [0.2, 0.25) is 0 Å². The van der Waals surface area contributed by atoms with E-state index in [4.69, 9.17) is 4.74 Å². The lowest BCUT2D eigenvalue weighted by atomic mass is 10.2. The third-order valence-corrected chi connectivity index (χ3v) is 3.13. The number of rotatable bonds is 3. The maximum absolute atomic E-state index is 12.1. The van der Waals surface area contributed by atoms with E-state index in [0.717, 1.165) is 4.47 Å². The summed E-state index contributed by atoms with van der Waals surface area (Å²) in [4.78, 5) is 27.7. The van der Waals surface area contributed by atoms with Gasteiger partial charge in [-0.05, 0) is 30.3 Å². The van der Waals surface area contributed by atoms with Crippen LogP contribution < -0.4 is 15.6 Å². The number of aromatic nitrogens is 1. The van der Waals surface area contributed by atoms with Crippen molar-refractivity contribution in [3.05, 3.63) is 58.3 Å². The van der Waals surface area contributed by atoms with Gasteiger partial charge in [-0.1, -0.05) is 15.9 Å². The molecule has 0 radical (unpaired) electrons. The molecule has 0 saturated heterocycles. The Balaban J connectivity index is 2.05. The van der Waals surface area contributed by atoms with Crippen LogP contribution in [0.15, 0.2) is 47.2 Å². The van der Waals surface area contributed by atoms with Crippen molar-refractivity contribution >= 4 is 27.7 Å². The van der Waals surface area contributed by atoms with Crippen LogP contribution >= 0.6 is 15.9 Å². The molecule has 108 valence electrons.